The van der Waals surface area contributed by atoms with Crippen LogP contribution in [0.3, 0.4) is 0 Å². The average Bonchev–Trinajstić information content (AvgIpc) is 2.27. The third-order valence-electron chi connectivity index (χ3n) is 2.26. The van der Waals surface area contributed by atoms with Crippen molar-refractivity contribution < 1.29 is 18.3 Å². The molecule has 17 heavy (non-hydrogen) atoms. The molecule has 0 saturated heterocycles. The molecule has 0 aromatic heterocycles. The molecule has 1 rings (SSSR count). The molecule has 0 amide bonds. The van der Waals surface area contributed by atoms with Crippen LogP contribution < -0.4 is 0 Å². The Kier molecular flexibility index (Phi) is 4.07. The van der Waals surface area contributed by atoms with Crippen LogP contribution >= 0.6 is 0 Å². The van der Waals surface area contributed by atoms with Crippen LogP contribution in [0.2, 0.25) is 0 Å². The summed E-state index contributed by atoms with van der Waals surface area (Å²) < 4.78 is 23.7. The summed E-state index contributed by atoms with van der Waals surface area (Å²) in [6, 6.07) is 5.21. The van der Waals surface area contributed by atoms with Gasteiger partial charge in [-0.2, -0.15) is 0 Å². The highest BCUT2D eigenvalue weighted by Crippen LogP contribution is 2.14. The molecule has 0 radical (unpaired) electrons. The van der Waals surface area contributed by atoms with Gasteiger partial charge in [-0.25, -0.2) is 13.2 Å². The van der Waals surface area contributed by atoms with Crippen LogP contribution in [0, 0.1) is 0 Å². The summed E-state index contributed by atoms with van der Waals surface area (Å²) in [5, 5.41) is 8.69. The Morgan fingerprint density at radius 3 is 2.24 bits per heavy atom. The maximum atomic E-state index is 11.8. The normalized spacial score (nSPS) is 11.1. The number of rotatable bonds is 5. The summed E-state index contributed by atoms with van der Waals surface area (Å²) in [4.78, 5) is 10.8. The van der Waals surface area contributed by atoms with Crippen molar-refractivity contribution in [2.45, 2.75) is 18.2 Å². The van der Waals surface area contributed by atoms with Gasteiger partial charge in [0.25, 0.3) is 0 Å². The lowest BCUT2D eigenvalue weighted by atomic mass is 10.2. The fourth-order valence-electron chi connectivity index (χ4n) is 1.23. The number of carboxylic acid groups (broad SMARTS) is 1. The van der Waals surface area contributed by atoms with Gasteiger partial charge in [-0.05, 0) is 37.6 Å². The third kappa shape index (κ3) is 3.71. The number of hydrogen-bond donors (Lipinski definition) is 1. The topological polar surface area (TPSA) is 71.4 Å². The Bertz CT molecular complexity index is 526. The molecule has 4 nitrogen and oxygen atoms in total. The highest BCUT2D eigenvalue weighted by Gasteiger charge is 2.14. The summed E-state index contributed by atoms with van der Waals surface area (Å²) in [6.45, 7) is 5.41. The highest BCUT2D eigenvalue weighted by atomic mass is 32.2. The first kappa shape index (κ1) is 13.4. The second-order valence-corrected chi connectivity index (χ2v) is 5.96. The van der Waals surface area contributed by atoms with E-state index in [4.69, 9.17) is 5.11 Å². The van der Waals surface area contributed by atoms with E-state index in [0.717, 1.165) is 5.57 Å². The molecule has 1 aromatic carbocycles. The van der Waals surface area contributed by atoms with Gasteiger partial charge in [0.1, 0.15) is 0 Å². The quantitative estimate of drug-likeness (QED) is 0.817. The number of sulfone groups is 1. The molecule has 92 valence electrons. The van der Waals surface area contributed by atoms with E-state index in [1.54, 1.807) is 6.92 Å². The van der Waals surface area contributed by atoms with E-state index in [2.05, 4.69) is 6.58 Å². The Morgan fingerprint density at radius 2 is 1.82 bits per heavy atom. The smallest absolute Gasteiger partial charge is 0.335 e. The van der Waals surface area contributed by atoms with Crippen molar-refractivity contribution in [3.63, 3.8) is 0 Å². The van der Waals surface area contributed by atoms with Gasteiger partial charge in [0, 0.05) is 0 Å². The van der Waals surface area contributed by atoms with E-state index in [9.17, 15) is 13.2 Å². The monoisotopic (exact) mass is 254 g/mol. The van der Waals surface area contributed by atoms with E-state index in [-0.39, 0.29) is 16.2 Å². The minimum Gasteiger partial charge on any atom is -0.478 e. The molecule has 0 atom stereocenters. The van der Waals surface area contributed by atoms with Crippen LogP contribution in [-0.2, 0) is 9.84 Å². The molecular formula is C12H14O4S. The van der Waals surface area contributed by atoms with Gasteiger partial charge in [0.05, 0.1) is 16.2 Å². The number of allylic oxidation sites excluding steroid dienone is 1. The summed E-state index contributed by atoms with van der Waals surface area (Å²) in [5.74, 6) is -1.08. The molecular weight excluding hydrogens is 240 g/mol. The van der Waals surface area contributed by atoms with Crippen molar-refractivity contribution in [2.75, 3.05) is 5.75 Å². The number of aromatic carboxylic acids is 1. The van der Waals surface area contributed by atoms with Crippen molar-refractivity contribution in [1.82, 2.24) is 0 Å². The van der Waals surface area contributed by atoms with Crippen LogP contribution in [0.25, 0.3) is 0 Å². The lowest BCUT2D eigenvalue weighted by molar-refractivity contribution is 0.0697. The molecule has 0 fully saturated rings. The molecule has 0 unspecified atom stereocenters. The minimum atomic E-state index is -3.35. The third-order valence-corrected chi connectivity index (χ3v) is 3.99. The Labute approximate surface area is 101 Å². The molecule has 0 aliphatic heterocycles. The van der Waals surface area contributed by atoms with E-state index in [0.29, 0.717) is 6.42 Å². The number of carbonyl (C=O) groups is 1. The maximum absolute atomic E-state index is 11.8. The lowest BCUT2D eigenvalue weighted by Gasteiger charge is -2.04. The zero-order chi connectivity index (χ0) is 13.1. The molecule has 1 N–H and O–H groups in total. The van der Waals surface area contributed by atoms with Gasteiger partial charge in [-0.1, -0.05) is 5.57 Å². The standard InChI is InChI=1S/C12H14O4S/c1-9(2)7-8-17(15,16)11-5-3-10(4-6-11)12(13)14/h3-6H,1,7-8H2,2H3,(H,13,14). The Balaban J connectivity index is 2.92. The Hall–Kier alpha value is -1.62. The van der Waals surface area contributed by atoms with Crippen LogP contribution in [0.4, 0.5) is 0 Å². The first-order chi connectivity index (χ1) is 7.83. The number of hydrogen-bond acceptors (Lipinski definition) is 3. The molecule has 1 aromatic rings. The van der Waals surface area contributed by atoms with E-state index in [1.807, 2.05) is 0 Å². The fraction of sp³-hybridized carbons (Fsp3) is 0.250. The molecule has 0 spiro atoms. The zero-order valence-corrected chi connectivity index (χ0v) is 10.3. The van der Waals surface area contributed by atoms with Crippen molar-refractivity contribution in [3.8, 4) is 0 Å². The summed E-state index contributed by atoms with van der Waals surface area (Å²) in [5.41, 5.74) is 0.875. The SMILES string of the molecule is C=C(C)CCS(=O)(=O)c1ccc(C(=O)O)cc1. The van der Waals surface area contributed by atoms with Gasteiger partial charge >= 0.3 is 5.97 Å². The van der Waals surface area contributed by atoms with Crippen molar-refractivity contribution >= 4 is 15.8 Å². The largest absolute Gasteiger partial charge is 0.478 e. The maximum Gasteiger partial charge on any atom is 0.335 e. The second-order valence-electron chi connectivity index (χ2n) is 3.86. The molecule has 0 aliphatic rings. The first-order valence-electron chi connectivity index (χ1n) is 5.03. The second kappa shape index (κ2) is 5.14. The fourth-order valence-corrected chi connectivity index (χ4v) is 2.63. The van der Waals surface area contributed by atoms with E-state index >= 15 is 0 Å². The molecule has 5 heteroatoms. The molecule has 0 heterocycles. The van der Waals surface area contributed by atoms with Gasteiger partial charge < -0.3 is 5.11 Å². The van der Waals surface area contributed by atoms with Gasteiger partial charge in [0.15, 0.2) is 9.84 Å². The van der Waals surface area contributed by atoms with E-state index < -0.39 is 15.8 Å². The van der Waals surface area contributed by atoms with Crippen LogP contribution in [0.1, 0.15) is 23.7 Å². The van der Waals surface area contributed by atoms with Crippen molar-refractivity contribution in [2.24, 2.45) is 0 Å². The number of carboxylic acids is 1. The number of benzene rings is 1. The minimum absolute atomic E-state index is 0.00521. The Morgan fingerprint density at radius 1 is 1.29 bits per heavy atom. The lowest BCUT2D eigenvalue weighted by Crippen LogP contribution is -2.07. The van der Waals surface area contributed by atoms with Crippen LogP contribution in [0.5, 0.6) is 0 Å². The predicted molar refractivity (Wildman–Crippen MR) is 64.9 cm³/mol. The summed E-state index contributed by atoms with van der Waals surface area (Å²) in [6.07, 6.45) is 0.406. The van der Waals surface area contributed by atoms with Gasteiger partial charge in [-0.15, -0.1) is 6.58 Å². The summed E-state index contributed by atoms with van der Waals surface area (Å²) in [7, 11) is -3.35. The van der Waals surface area contributed by atoms with E-state index in [1.165, 1.54) is 24.3 Å². The molecule has 0 bridgehead atoms. The molecule has 0 saturated carbocycles. The first-order valence-corrected chi connectivity index (χ1v) is 6.68. The predicted octanol–water partition coefficient (Wildman–Crippen LogP) is 2.12. The van der Waals surface area contributed by atoms with Crippen molar-refractivity contribution in [1.29, 1.82) is 0 Å². The van der Waals surface area contributed by atoms with Crippen LogP contribution in [0.15, 0.2) is 41.3 Å². The van der Waals surface area contributed by atoms with Crippen molar-refractivity contribution in [3.05, 3.63) is 42.0 Å². The highest BCUT2D eigenvalue weighted by molar-refractivity contribution is 7.91. The molecule has 0 aliphatic carbocycles. The average molecular weight is 254 g/mol. The summed E-state index contributed by atoms with van der Waals surface area (Å²) >= 11 is 0. The zero-order valence-electron chi connectivity index (χ0n) is 9.51. The van der Waals surface area contributed by atoms with Gasteiger partial charge in [-0.3, -0.25) is 0 Å². The van der Waals surface area contributed by atoms with Crippen LogP contribution in [-0.4, -0.2) is 25.2 Å². The van der Waals surface area contributed by atoms with Gasteiger partial charge in [0.2, 0.25) is 0 Å².